The number of phosphoric ester groups is 1. The summed E-state index contributed by atoms with van der Waals surface area (Å²) >= 11 is 0. The Morgan fingerprint density at radius 2 is 2.07 bits per heavy atom. The summed E-state index contributed by atoms with van der Waals surface area (Å²) in [5, 5.41) is 0. The Morgan fingerprint density at radius 3 is 2.60 bits per heavy atom. The average Bonchev–Trinajstić information content (AvgIpc) is 2.22. The van der Waals surface area contributed by atoms with Crippen LogP contribution in [0.1, 0.15) is 12.8 Å². The van der Waals surface area contributed by atoms with Crippen LogP contribution in [0.15, 0.2) is 12.7 Å². The van der Waals surface area contributed by atoms with E-state index in [-0.39, 0.29) is 13.2 Å². The normalized spacial score (nSPS) is 14.3. The molecule has 6 nitrogen and oxygen atoms in total. The van der Waals surface area contributed by atoms with Gasteiger partial charge >= 0.3 is 13.8 Å². The molecular formula is C8H15O6P. The van der Waals surface area contributed by atoms with Crippen LogP contribution in [0.25, 0.3) is 0 Å². The lowest BCUT2D eigenvalue weighted by molar-refractivity contribution is -0.137. The number of rotatable bonds is 8. The van der Waals surface area contributed by atoms with Gasteiger partial charge in [0.1, 0.15) is 0 Å². The molecule has 1 unspecified atom stereocenters. The van der Waals surface area contributed by atoms with Crippen molar-refractivity contribution in [2.45, 2.75) is 12.8 Å². The zero-order valence-electron chi connectivity index (χ0n) is 8.55. The summed E-state index contributed by atoms with van der Waals surface area (Å²) in [4.78, 5) is 19.4. The molecule has 0 amide bonds. The van der Waals surface area contributed by atoms with Gasteiger partial charge in [-0.15, -0.1) is 0 Å². The van der Waals surface area contributed by atoms with Crippen molar-refractivity contribution in [3.05, 3.63) is 12.7 Å². The first-order valence-corrected chi connectivity index (χ1v) is 5.83. The van der Waals surface area contributed by atoms with Gasteiger partial charge in [0.05, 0.1) is 13.2 Å². The Kier molecular flexibility index (Phi) is 7.25. The molecule has 0 aliphatic heterocycles. The molecular weight excluding hydrogens is 223 g/mol. The van der Waals surface area contributed by atoms with Crippen LogP contribution in [-0.2, 0) is 23.1 Å². The summed E-state index contributed by atoms with van der Waals surface area (Å²) in [6.45, 7) is 3.54. The molecule has 0 radical (unpaired) electrons. The van der Waals surface area contributed by atoms with Gasteiger partial charge in [-0.2, -0.15) is 0 Å². The fourth-order valence-electron chi connectivity index (χ4n) is 0.668. The van der Waals surface area contributed by atoms with Crippen molar-refractivity contribution in [3.8, 4) is 0 Å². The summed E-state index contributed by atoms with van der Waals surface area (Å²) in [6.07, 6.45) is 2.12. The number of esters is 1. The van der Waals surface area contributed by atoms with E-state index in [4.69, 9.17) is 4.89 Å². The van der Waals surface area contributed by atoms with Crippen molar-refractivity contribution in [1.82, 2.24) is 0 Å². The molecule has 0 fully saturated rings. The van der Waals surface area contributed by atoms with Gasteiger partial charge < -0.3 is 9.63 Å². The zero-order valence-corrected chi connectivity index (χ0v) is 9.44. The smallest absolute Gasteiger partial charge is 0.463 e. The van der Waals surface area contributed by atoms with E-state index in [1.54, 1.807) is 0 Å². The van der Waals surface area contributed by atoms with E-state index in [2.05, 4.69) is 20.4 Å². The number of carbonyl (C=O) groups is 1. The van der Waals surface area contributed by atoms with Gasteiger partial charge in [-0.05, 0) is 12.8 Å². The topological polar surface area (TPSA) is 82.1 Å². The highest BCUT2D eigenvalue weighted by atomic mass is 31.2. The number of unbranched alkanes of at least 4 members (excludes halogenated alkanes) is 1. The van der Waals surface area contributed by atoms with Crippen LogP contribution in [-0.4, -0.2) is 31.2 Å². The Labute approximate surface area is 88.5 Å². The van der Waals surface area contributed by atoms with Gasteiger partial charge in [-0.1, -0.05) is 6.58 Å². The van der Waals surface area contributed by atoms with E-state index in [0.717, 1.165) is 13.2 Å². The number of ether oxygens (including phenoxy) is 1. The lowest BCUT2D eigenvalue weighted by Gasteiger charge is -2.08. The zero-order chi connectivity index (χ0) is 11.7. The molecule has 15 heavy (non-hydrogen) atoms. The molecule has 0 aliphatic carbocycles. The third kappa shape index (κ3) is 8.32. The van der Waals surface area contributed by atoms with E-state index in [1.807, 2.05) is 0 Å². The fraction of sp³-hybridized carbons (Fsp3) is 0.625. The highest BCUT2D eigenvalue weighted by Crippen LogP contribution is 2.41. The van der Waals surface area contributed by atoms with Crippen molar-refractivity contribution in [2.75, 3.05) is 20.3 Å². The Hall–Kier alpha value is -0.680. The molecule has 0 rings (SSSR count). The quantitative estimate of drug-likeness (QED) is 0.296. The molecule has 7 heteroatoms. The summed E-state index contributed by atoms with van der Waals surface area (Å²) in [5.74, 6) is -0.486. The van der Waals surface area contributed by atoms with E-state index in [0.29, 0.717) is 12.8 Å². The summed E-state index contributed by atoms with van der Waals surface area (Å²) in [7, 11) is -2.78. The van der Waals surface area contributed by atoms with Crippen molar-refractivity contribution >= 4 is 13.8 Å². The molecule has 0 bridgehead atoms. The molecule has 1 atom stereocenters. The molecule has 0 heterocycles. The first-order chi connectivity index (χ1) is 7.02. The Balaban J connectivity index is 3.36. The van der Waals surface area contributed by atoms with Gasteiger partial charge in [0, 0.05) is 13.2 Å². The van der Waals surface area contributed by atoms with Gasteiger partial charge in [0.2, 0.25) is 0 Å². The molecule has 0 aromatic heterocycles. The van der Waals surface area contributed by atoms with Crippen LogP contribution in [0.2, 0.25) is 0 Å². The minimum Gasteiger partial charge on any atom is -0.463 e. The molecule has 1 N–H and O–H groups in total. The van der Waals surface area contributed by atoms with Gasteiger partial charge in [0.15, 0.2) is 0 Å². The van der Waals surface area contributed by atoms with Crippen LogP contribution in [0.4, 0.5) is 0 Å². The lowest BCUT2D eigenvalue weighted by atomic mass is 10.3. The monoisotopic (exact) mass is 238 g/mol. The van der Waals surface area contributed by atoms with E-state index in [1.165, 1.54) is 0 Å². The molecule has 88 valence electrons. The standard InChI is InChI=1S/C8H15O6P/c1-3-8(9)13-6-4-5-7-14-15(10,11)12-2/h3H,1,4-7H2,2H3,(H,10,11). The van der Waals surface area contributed by atoms with Crippen molar-refractivity contribution in [1.29, 1.82) is 0 Å². The van der Waals surface area contributed by atoms with Crippen LogP contribution in [0.3, 0.4) is 0 Å². The second-order valence-electron chi connectivity index (χ2n) is 2.56. The van der Waals surface area contributed by atoms with Crippen LogP contribution >= 0.6 is 7.82 Å². The third-order valence-electron chi connectivity index (χ3n) is 1.43. The van der Waals surface area contributed by atoms with E-state index < -0.39 is 13.8 Å². The molecule has 0 aromatic carbocycles. The highest BCUT2D eigenvalue weighted by Gasteiger charge is 2.17. The lowest BCUT2D eigenvalue weighted by Crippen LogP contribution is -2.03. The third-order valence-corrected chi connectivity index (χ3v) is 2.41. The fourth-order valence-corrected chi connectivity index (χ4v) is 1.13. The number of hydrogen-bond acceptors (Lipinski definition) is 5. The highest BCUT2D eigenvalue weighted by molar-refractivity contribution is 7.47. The minimum atomic E-state index is -3.87. The largest absolute Gasteiger partial charge is 0.471 e. The molecule has 0 aliphatic rings. The molecule has 0 saturated heterocycles. The number of carbonyl (C=O) groups excluding carboxylic acids is 1. The first-order valence-electron chi connectivity index (χ1n) is 4.34. The maximum atomic E-state index is 10.8. The second kappa shape index (κ2) is 7.59. The molecule has 0 spiro atoms. The maximum absolute atomic E-state index is 10.8. The SMILES string of the molecule is C=CC(=O)OCCCCOP(=O)(O)OC. The predicted octanol–water partition coefficient (Wildman–Crippen LogP) is 1.26. The Morgan fingerprint density at radius 1 is 1.47 bits per heavy atom. The Bertz CT molecular complexity index is 252. The summed E-state index contributed by atoms with van der Waals surface area (Å²) in [5.41, 5.74) is 0. The van der Waals surface area contributed by atoms with E-state index >= 15 is 0 Å². The van der Waals surface area contributed by atoms with E-state index in [9.17, 15) is 9.36 Å². The van der Waals surface area contributed by atoms with Gasteiger partial charge in [0.25, 0.3) is 0 Å². The van der Waals surface area contributed by atoms with Crippen LogP contribution < -0.4 is 0 Å². The number of hydrogen-bond donors (Lipinski definition) is 1. The van der Waals surface area contributed by atoms with Gasteiger partial charge in [-0.3, -0.25) is 9.05 Å². The minimum absolute atomic E-state index is 0.0766. The van der Waals surface area contributed by atoms with Crippen molar-refractivity contribution < 1.29 is 28.0 Å². The van der Waals surface area contributed by atoms with Crippen LogP contribution in [0.5, 0.6) is 0 Å². The molecule has 0 aromatic rings. The second-order valence-corrected chi connectivity index (χ2v) is 4.12. The maximum Gasteiger partial charge on any atom is 0.471 e. The predicted molar refractivity (Wildman–Crippen MR) is 53.2 cm³/mol. The average molecular weight is 238 g/mol. The first kappa shape index (κ1) is 14.3. The van der Waals surface area contributed by atoms with Crippen molar-refractivity contribution in [3.63, 3.8) is 0 Å². The van der Waals surface area contributed by atoms with Crippen LogP contribution in [0, 0.1) is 0 Å². The molecule has 0 saturated carbocycles. The number of phosphoric acid groups is 1. The summed E-state index contributed by atoms with van der Waals surface area (Å²) < 4.78 is 24.2. The van der Waals surface area contributed by atoms with Gasteiger partial charge in [-0.25, -0.2) is 9.36 Å². The summed E-state index contributed by atoms with van der Waals surface area (Å²) in [6, 6.07) is 0. The van der Waals surface area contributed by atoms with Crippen molar-refractivity contribution in [2.24, 2.45) is 0 Å².